The third-order valence-corrected chi connectivity index (χ3v) is 4.34. The summed E-state index contributed by atoms with van der Waals surface area (Å²) in [5.74, 6) is 0.923. The minimum Gasteiger partial charge on any atom is -0.326 e. The first-order valence-electron chi connectivity index (χ1n) is 6.10. The Morgan fingerprint density at radius 2 is 2.19 bits per heavy atom. The molecule has 0 bridgehead atoms. The van der Waals surface area contributed by atoms with Crippen LogP contribution in [0.1, 0.15) is 35.6 Å². The predicted molar refractivity (Wildman–Crippen MR) is 70.8 cm³/mol. The molecule has 2 atom stereocenters. The monoisotopic (exact) mass is 238 g/mol. The van der Waals surface area contributed by atoms with Gasteiger partial charge in [0.05, 0.1) is 6.04 Å². The van der Waals surface area contributed by atoms with E-state index in [1.54, 1.807) is 0 Å². The summed E-state index contributed by atoms with van der Waals surface area (Å²) in [4.78, 5) is 5.23. The van der Waals surface area contributed by atoms with Crippen molar-refractivity contribution < 1.29 is 0 Å². The molecule has 0 aromatic carbocycles. The maximum Gasteiger partial charge on any atom is 0.0588 e. The topological polar surface area (TPSA) is 29.3 Å². The Labute approximate surface area is 102 Å². The van der Waals surface area contributed by atoms with Gasteiger partial charge in [0, 0.05) is 22.3 Å². The molecular formula is C13H22N2S. The second-order valence-electron chi connectivity index (χ2n) is 5.14. The van der Waals surface area contributed by atoms with Crippen molar-refractivity contribution >= 4 is 11.3 Å². The molecule has 2 nitrogen and oxygen atoms in total. The fourth-order valence-corrected chi connectivity index (χ4v) is 3.47. The van der Waals surface area contributed by atoms with Crippen LogP contribution in [0.5, 0.6) is 0 Å². The number of hydrogen-bond acceptors (Lipinski definition) is 3. The zero-order valence-electron chi connectivity index (χ0n) is 10.4. The number of nitrogens with zero attached hydrogens (tertiary/aromatic N) is 1. The van der Waals surface area contributed by atoms with Crippen molar-refractivity contribution in [3.8, 4) is 0 Å². The van der Waals surface area contributed by atoms with Crippen molar-refractivity contribution in [2.24, 2.45) is 11.7 Å². The van der Waals surface area contributed by atoms with Gasteiger partial charge in [0.25, 0.3) is 0 Å². The first-order valence-corrected chi connectivity index (χ1v) is 6.91. The van der Waals surface area contributed by atoms with E-state index in [0.717, 1.165) is 5.92 Å². The van der Waals surface area contributed by atoms with Crippen LogP contribution in [-0.4, -0.2) is 24.5 Å². The number of thiophene rings is 1. The van der Waals surface area contributed by atoms with Gasteiger partial charge in [0.2, 0.25) is 0 Å². The summed E-state index contributed by atoms with van der Waals surface area (Å²) < 4.78 is 0. The Balaban J connectivity index is 2.08. The molecule has 1 aromatic heterocycles. The van der Waals surface area contributed by atoms with Crippen molar-refractivity contribution in [3.05, 3.63) is 21.9 Å². The van der Waals surface area contributed by atoms with Crippen molar-refractivity contribution in [1.82, 2.24) is 4.90 Å². The fraction of sp³-hybridized carbons (Fsp3) is 0.692. The second-order valence-corrected chi connectivity index (χ2v) is 6.45. The maximum absolute atomic E-state index is 6.14. The molecule has 1 saturated carbocycles. The van der Waals surface area contributed by atoms with Crippen LogP contribution in [0.3, 0.4) is 0 Å². The lowest BCUT2D eigenvalue weighted by Gasteiger charge is -2.30. The molecule has 1 aliphatic rings. The highest BCUT2D eigenvalue weighted by Crippen LogP contribution is 2.34. The minimum atomic E-state index is 0.196. The number of hydrogen-bond donors (Lipinski definition) is 1. The van der Waals surface area contributed by atoms with Gasteiger partial charge in [0.15, 0.2) is 0 Å². The third-order valence-electron chi connectivity index (χ3n) is 3.27. The molecule has 1 heterocycles. The number of rotatable bonds is 5. The standard InChI is InChI=1S/C13H22N2S/c1-9-4-7-12(16-9)13(10(2)14)15(3)8-11-5-6-11/h4,7,10-11,13H,5-6,8,14H2,1-3H3. The molecule has 16 heavy (non-hydrogen) atoms. The molecule has 2 N–H and O–H groups in total. The van der Waals surface area contributed by atoms with Crippen LogP contribution in [0.4, 0.5) is 0 Å². The molecule has 1 aromatic rings. The molecule has 2 rings (SSSR count). The van der Waals surface area contributed by atoms with Gasteiger partial charge in [-0.3, -0.25) is 4.90 Å². The Morgan fingerprint density at radius 3 is 2.62 bits per heavy atom. The van der Waals surface area contributed by atoms with E-state index in [-0.39, 0.29) is 6.04 Å². The van der Waals surface area contributed by atoms with E-state index in [1.165, 1.54) is 29.1 Å². The normalized spacial score (nSPS) is 20.1. The highest BCUT2D eigenvalue weighted by molar-refractivity contribution is 7.12. The Bertz CT molecular complexity index is 341. The zero-order chi connectivity index (χ0) is 11.7. The second kappa shape index (κ2) is 4.86. The van der Waals surface area contributed by atoms with Gasteiger partial charge >= 0.3 is 0 Å². The average Bonchev–Trinajstić information content (AvgIpc) is 2.89. The molecule has 3 heteroatoms. The predicted octanol–water partition coefficient (Wildman–Crippen LogP) is 2.79. The molecule has 0 amide bonds. The van der Waals surface area contributed by atoms with Crippen LogP contribution in [0.15, 0.2) is 12.1 Å². The van der Waals surface area contributed by atoms with Crippen LogP contribution in [0.2, 0.25) is 0 Å². The molecule has 0 aliphatic heterocycles. The zero-order valence-corrected chi connectivity index (χ0v) is 11.3. The lowest BCUT2D eigenvalue weighted by molar-refractivity contribution is 0.214. The van der Waals surface area contributed by atoms with Crippen molar-refractivity contribution in [1.29, 1.82) is 0 Å². The summed E-state index contributed by atoms with van der Waals surface area (Å²) in [5.41, 5.74) is 6.14. The van der Waals surface area contributed by atoms with E-state index in [2.05, 4.69) is 37.9 Å². The number of nitrogens with two attached hydrogens (primary N) is 1. The van der Waals surface area contributed by atoms with Crippen LogP contribution in [0, 0.1) is 12.8 Å². The lowest BCUT2D eigenvalue weighted by atomic mass is 10.1. The van der Waals surface area contributed by atoms with Crippen molar-refractivity contribution in [3.63, 3.8) is 0 Å². The average molecular weight is 238 g/mol. The Morgan fingerprint density at radius 1 is 1.50 bits per heavy atom. The summed E-state index contributed by atoms with van der Waals surface area (Å²) in [6.07, 6.45) is 2.80. The maximum atomic E-state index is 6.14. The van der Waals surface area contributed by atoms with Crippen molar-refractivity contribution in [2.75, 3.05) is 13.6 Å². The quantitative estimate of drug-likeness (QED) is 0.854. The van der Waals surface area contributed by atoms with Gasteiger partial charge in [-0.15, -0.1) is 11.3 Å². The van der Waals surface area contributed by atoms with E-state index < -0.39 is 0 Å². The third kappa shape index (κ3) is 2.84. The first-order chi connectivity index (χ1) is 7.58. The van der Waals surface area contributed by atoms with Crippen LogP contribution in [0.25, 0.3) is 0 Å². The summed E-state index contributed by atoms with van der Waals surface area (Å²) in [6.45, 7) is 5.47. The molecule has 1 fully saturated rings. The molecular weight excluding hydrogens is 216 g/mol. The summed E-state index contributed by atoms with van der Waals surface area (Å²) in [7, 11) is 2.21. The summed E-state index contributed by atoms with van der Waals surface area (Å²) in [6, 6.07) is 5.01. The van der Waals surface area contributed by atoms with Gasteiger partial charge in [-0.25, -0.2) is 0 Å². The van der Waals surface area contributed by atoms with Crippen molar-refractivity contribution in [2.45, 2.75) is 38.8 Å². The smallest absolute Gasteiger partial charge is 0.0588 e. The van der Waals surface area contributed by atoms with Crippen LogP contribution >= 0.6 is 11.3 Å². The van der Waals surface area contributed by atoms with E-state index in [4.69, 9.17) is 5.73 Å². The molecule has 0 radical (unpaired) electrons. The number of likely N-dealkylation sites (N-methyl/N-ethyl adjacent to an activating group) is 1. The molecule has 2 unspecified atom stereocenters. The van der Waals surface area contributed by atoms with E-state index in [0.29, 0.717) is 6.04 Å². The summed E-state index contributed by atoms with van der Waals surface area (Å²) in [5, 5.41) is 0. The van der Waals surface area contributed by atoms with Gasteiger partial charge in [-0.2, -0.15) is 0 Å². The Kier molecular flexibility index (Phi) is 3.67. The largest absolute Gasteiger partial charge is 0.326 e. The molecule has 0 saturated heterocycles. The van der Waals surface area contributed by atoms with E-state index in [9.17, 15) is 0 Å². The van der Waals surface area contributed by atoms with E-state index >= 15 is 0 Å². The Hall–Kier alpha value is -0.380. The number of aryl methyl sites for hydroxylation is 1. The van der Waals surface area contributed by atoms with Gasteiger partial charge < -0.3 is 5.73 Å². The highest BCUT2D eigenvalue weighted by atomic mass is 32.1. The fourth-order valence-electron chi connectivity index (χ4n) is 2.31. The lowest BCUT2D eigenvalue weighted by Crippen LogP contribution is -2.37. The van der Waals surface area contributed by atoms with Gasteiger partial charge in [-0.1, -0.05) is 0 Å². The van der Waals surface area contributed by atoms with Crippen LogP contribution in [-0.2, 0) is 0 Å². The minimum absolute atomic E-state index is 0.196. The molecule has 90 valence electrons. The van der Waals surface area contributed by atoms with E-state index in [1.807, 2.05) is 11.3 Å². The first kappa shape index (κ1) is 12.1. The van der Waals surface area contributed by atoms with Gasteiger partial charge in [0.1, 0.15) is 0 Å². The highest BCUT2D eigenvalue weighted by Gasteiger charge is 2.28. The summed E-state index contributed by atoms with van der Waals surface area (Å²) >= 11 is 1.88. The molecule has 1 aliphatic carbocycles. The molecule has 0 spiro atoms. The van der Waals surface area contributed by atoms with Crippen LogP contribution < -0.4 is 5.73 Å². The van der Waals surface area contributed by atoms with Gasteiger partial charge in [-0.05, 0) is 51.8 Å². The SMILES string of the molecule is Cc1ccc(C(C(C)N)N(C)CC2CC2)s1.